The number of allylic oxidation sites excluding steroid dienone is 4. The van der Waals surface area contributed by atoms with Gasteiger partial charge in [0.05, 0.1) is 12.0 Å². The molecule has 0 heterocycles. The Balaban J connectivity index is 1.64. The van der Waals surface area contributed by atoms with Crippen LogP contribution < -0.4 is 4.74 Å². The van der Waals surface area contributed by atoms with Crippen LogP contribution in [0.3, 0.4) is 0 Å². The van der Waals surface area contributed by atoms with Gasteiger partial charge in [0, 0.05) is 0 Å². The van der Waals surface area contributed by atoms with Gasteiger partial charge in [-0.25, -0.2) is 0 Å². The zero-order valence-corrected chi connectivity index (χ0v) is 29.7. The summed E-state index contributed by atoms with van der Waals surface area (Å²) in [6, 6.07) is 36.9. The molecule has 0 spiro atoms. The Hall–Kier alpha value is -3.84. The van der Waals surface area contributed by atoms with E-state index in [4.69, 9.17) is 4.74 Å². The number of rotatable bonds is 9. The van der Waals surface area contributed by atoms with Crippen molar-refractivity contribution in [2.24, 2.45) is 0 Å². The topological polar surface area (TPSA) is 9.23 Å². The zero-order chi connectivity index (χ0) is 33.2. The molecule has 0 amide bonds. The summed E-state index contributed by atoms with van der Waals surface area (Å²) in [5, 5.41) is 0. The monoisotopic (exact) mass is 610 g/mol. The van der Waals surface area contributed by atoms with E-state index in [1.807, 2.05) is 0 Å². The van der Waals surface area contributed by atoms with E-state index in [9.17, 15) is 0 Å². The van der Waals surface area contributed by atoms with Gasteiger partial charge in [-0.05, 0) is 86.6 Å². The summed E-state index contributed by atoms with van der Waals surface area (Å²) in [6.45, 7) is 21.3. The molecule has 0 aliphatic heterocycles. The highest BCUT2D eigenvalue weighted by Gasteiger charge is 2.39. The van der Waals surface area contributed by atoms with Gasteiger partial charge in [0.2, 0.25) is 0 Å². The Morgan fingerprint density at radius 1 is 0.478 bits per heavy atom. The van der Waals surface area contributed by atoms with Crippen LogP contribution in [0.2, 0.25) is 0 Å². The van der Waals surface area contributed by atoms with Gasteiger partial charge in [-0.2, -0.15) is 0 Å². The van der Waals surface area contributed by atoms with Crippen molar-refractivity contribution in [3.63, 3.8) is 0 Å². The van der Waals surface area contributed by atoms with Gasteiger partial charge < -0.3 is 4.74 Å². The lowest BCUT2D eigenvalue weighted by atomic mass is 9.64. The second-order valence-corrected chi connectivity index (χ2v) is 16.1. The van der Waals surface area contributed by atoms with Crippen molar-refractivity contribution in [1.29, 1.82) is 0 Å². The third kappa shape index (κ3) is 7.25. The minimum absolute atomic E-state index is 0.0769. The Labute approximate surface area is 279 Å². The summed E-state index contributed by atoms with van der Waals surface area (Å²) in [5.74, 6) is 0.919. The van der Waals surface area contributed by atoms with Crippen LogP contribution in [0.1, 0.15) is 121 Å². The van der Waals surface area contributed by atoms with Crippen LogP contribution in [0.5, 0.6) is 5.75 Å². The first-order valence-electron chi connectivity index (χ1n) is 17.1. The fourth-order valence-corrected chi connectivity index (χ4v) is 6.62. The van der Waals surface area contributed by atoms with E-state index in [-0.39, 0.29) is 16.2 Å². The maximum atomic E-state index is 6.26. The molecule has 0 bridgehead atoms. The van der Waals surface area contributed by atoms with E-state index >= 15 is 0 Å². The molecule has 0 aromatic heterocycles. The van der Waals surface area contributed by atoms with Crippen molar-refractivity contribution >= 4 is 0 Å². The average molecular weight is 611 g/mol. The highest BCUT2D eigenvalue weighted by molar-refractivity contribution is 5.61. The van der Waals surface area contributed by atoms with Gasteiger partial charge in [0.1, 0.15) is 5.75 Å². The van der Waals surface area contributed by atoms with Crippen molar-refractivity contribution in [2.45, 2.75) is 103 Å². The first kappa shape index (κ1) is 33.5. The Morgan fingerprint density at radius 3 is 1.15 bits per heavy atom. The molecule has 1 aliphatic carbocycles. The minimum Gasteiger partial charge on any atom is -0.494 e. The Bertz CT molecular complexity index is 1500. The van der Waals surface area contributed by atoms with Crippen LogP contribution in [-0.2, 0) is 21.7 Å². The summed E-state index contributed by atoms with van der Waals surface area (Å²) in [4.78, 5) is 0. The number of hydrogen-bond donors (Lipinski definition) is 0. The van der Waals surface area contributed by atoms with Gasteiger partial charge in [-0.15, -0.1) is 0 Å². The standard InChI is InChI=1S/C45H54O/c1-42(2,3)34-16-22-37(23-17-34)45(38-24-18-35(19-25-38)43(4,5)6,39-26-20-36(21-27-39)44(7,8)9)40-28-30-41(31-29-40)46-32-12-15-33-13-10-11-14-33/h10,13-14,16-31H,11-12,15,32H2,1-9H3. The molecule has 0 saturated carbocycles. The van der Waals surface area contributed by atoms with E-state index < -0.39 is 5.41 Å². The molecule has 4 aromatic rings. The van der Waals surface area contributed by atoms with E-state index in [2.05, 4.69) is 178 Å². The lowest BCUT2D eigenvalue weighted by Crippen LogP contribution is -2.31. The van der Waals surface area contributed by atoms with Crippen molar-refractivity contribution in [3.8, 4) is 5.75 Å². The maximum absolute atomic E-state index is 6.26. The molecule has 1 aliphatic rings. The molecule has 0 fully saturated rings. The number of benzene rings is 4. The van der Waals surface area contributed by atoms with Gasteiger partial charge in [-0.3, -0.25) is 0 Å². The molecule has 4 aromatic carbocycles. The van der Waals surface area contributed by atoms with Crippen molar-refractivity contribution in [1.82, 2.24) is 0 Å². The summed E-state index contributed by atoms with van der Waals surface area (Å²) in [7, 11) is 0. The molecule has 240 valence electrons. The molecular weight excluding hydrogens is 556 g/mol. The lowest BCUT2D eigenvalue weighted by Gasteiger charge is -2.38. The van der Waals surface area contributed by atoms with Crippen molar-refractivity contribution in [2.75, 3.05) is 6.61 Å². The molecule has 1 heteroatoms. The molecule has 0 atom stereocenters. The van der Waals surface area contributed by atoms with E-state index in [0.29, 0.717) is 6.61 Å². The second-order valence-electron chi connectivity index (χ2n) is 16.1. The van der Waals surface area contributed by atoms with Crippen LogP contribution in [0.15, 0.2) is 121 Å². The molecule has 0 radical (unpaired) electrons. The molecule has 5 rings (SSSR count). The van der Waals surface area contributed by atoms with Crippen LogP contribution in [0.25, 0.3) is 0 Å². The lowest BCUT2D eigenvalue weighted by molar-refractivity contribution is 0.311. The quantitative estimate of drug-likeness (QED) is 0.135. The van der Waals surface area contributed by atoms with Gasteiger partial charge in [0.25, 0.3) is 0 Å². The first-order chi connectivity index (χ1) is 21.7. The van der Waals surface area contributed by atoms with Crippen molar-refractivity contribution in [3.05, 3.63) is 160 Å². The molecular formula is C45H54O. The van der Waals surface area contributed by atoms with Crippen molar-refractivity contribution < 1.29 is 4.74 Å². The predicted molar refractivity (Wildman–Crippen MR) is 197 cm³/mol. The predicted octanol–water partition coefficient (Wildman–Crippen LogP) is 12.0. The third-order valence-electron chi connectivity index (χ3n) is 9.57. The van der Waals surface area contributed by atoms with Crippen LogP contribution in [-0.4, -0.2) is 6.61 Å². The summed E-state index contributed by atoms with van der Waals surface area (Å²) in [5.41, 5.74) is 10.2. The van der Waals surface area contributed by atoms with E-state index in [0.717, 1.165) is 25.0 Å². The molecule has 46 heavy (non-hydrogen) atoms. The smallest absolute Gasteiger partial charge is 0.119 e. The Morgan fingerprint density at radius 2 is 0.826 bits per heavy atom. The highest BCUT2D eigenvalue weighted by Crippen LogP contribution is 2.47. The molecule has 0 N–H and O–H groups in total. The molecule has 0 saturated heterocycles. The van der Waals surface area contributed by atoms with Crippen LogP contribution in [0, 0.1) is 0 Å². The zero-order valence-electron chi connectivity index (χ0n) is 29.7. The minimum atomic E-state index is -0.511. The highest BCUT2D eigenvalue weighted by atomic mass is 16.5. The number of ether oxygens (including phenoxy) is 1. The Kier molecular flexibility index (Phi) is 9.55. The van der Waals surface area contributed by atoms with E-state index in [1.165, 1.54) is 44.5 Å². The first-order valence-corrected chi connectivity index (χ1v) is 17.1. The SMILES string of the molecule is CC(C)(C)c1ccc(C(c2ccc(OCCCC3=CCC=C3)cc2)(c2ccc(C(C)(C)C)cc2)c2ccc(C(C)(C)C)cc2)cc1. The second kappa shape index (κ2) is 13.1. The fourth-order valence-electron chi connectivity index (χ4n) is 6.62. The molecule has 1 nitrogen and oxygen atoms in total. The van der Waals surface area contributed by atoms with Crippen LogP contribution >= 0.6 is 0 Å². The summed E-state index contributed by atoms with van der Waals surface area (Å²) >= 11 is 0. The molecule has 0 unspecified atom stereocenters. The maximum Gasteiger partial charge on any atom is 0.119 e. The summed E-state index contributed by atoms with van der Waals surface area (Å²) in [6.07, 6.45) is 9.93. The van der Waals surface area contributed by atoms with Crippen LogP contribution in [0.4, 0.5) is 0 Å². The van der Waals surface area contributed by atoms with Gasteiger partial charge in [-0.1, -0.05) is 171 Å². The number of hydrogen-bond acceptors (Lipinski definition) is 1. The third-order valence-corrected chi connectivity index (χ3v) is 9.57. The van der Waals surface area contributed by atoms with Gasteiger partial charge in [0.15, 0.2) is 0 Å². The largest absolute Gasteiger partial charge is 0.494 e. The average Bonchev–Trinajstić information content (AvgIpc) is 3.54. The normalized spacial score (nSPS) is 14.0. The van der Waals surface area contributed by atoms with E-state index in [1.54, 1.807) is 0 Å². The van der Waals surface area contributed by atoms with Gasteiger partial charge >= 0.3 is 0 Å². The fraction of sp³-hybridized carbons (Fsp3) is 0.378. The summed E-state index contributed by atoms with van der Waals surface area (Å²) < 4.78 is 6.26.